The molecule has 1 saturated carbocycles. The van der Waals surface area contributed by atoms with E-state index in [4.69, 9.17) is 4.74 Å². The van der Waals surface area contributed by atoms with Crippen LogP contribution in [0.25, 0.3) is 0 Å². The lowest BCUT2D eigenvalue weighted by Gasteiger charge is -2.34. The van der Waals surface area contributed by atoms with Gasteiger partial charge >= 0.3 is 6.03 Å². The number of ether oxygens (including phenoxy) is 1. The molecule has 6 heteroatoms. The standard InChI is InChI=1S/C20H29N3O3/c1-26-18-12-6-5-11-17(18)22-19(24)15-8-7-13-23(14-15)20(25)21-16-9-3-2-4-10-16/h5-6,11-12,15-16H,2-4,7-10,13-14H2,1H3,(H,21,25)(H,22,24)/t15-/m0/s1. The van der Waals surface area contributed by atoms with Crippen LogP contribution in [-0.2, 0) is 4.79 Å². The molecule has 0 unspecified atom stereocenters. The molecule has 0 bridgehead atoms. The molecular formula is C20H29N3O3. The second kappa shape index (κ2) is 8.92. The van der Waals surface area contributed by atoms with Gasteiger partial charge in [0.1, 0.15) is 5.75 Å². The van der Waals surface area contributed by atoms with E-state index in [1.165, 1.54) is 19.3 Å². The first kappa shape index (κ1) is 18.5. The second-order valence-corrected chi connectivity index (χ2v) is 7.26. The van der Waals surface area contributed by atoms with E-state index in [9.17, 15) is 9.59 Å². The summed E-state index contributed by atoms with van der Waals surface area (Å²) in [4.78, 5) is 27.0. The summed E-state index contributed by atoms with van der Waals surface area (Å²) in [6.45, 7) is 1.19. The van der Waals surface area contributed by atoms with Crippen LogP contribution in [-0.4, -0.2) is 43.1 Å². The molecule has 1 saturated heterocycles. The number of amides is 3. The first-order valence-electron chi connectivity index (χ1n) is 9.66. The van der Waals surface area contributed by atoms with Crippen LogP contribution in [0.5, 0.6) is 5.75 Å². The van der Waals surface area contributed by atoms with Gasteiger partial charge in [-0.2, -0.15) is 0 Å². The van der Waals surface area contributed by atoms with Crippen LogP contribution in [0.2, 0.25) is 0 Å². The Labute approximate surface area is 155 Å². The molecule has 1 aromatic carbocycles. The maximum Gasteiger partial charge on any atom is 0.317 e. The van der Waals surface area contributed by atoms with Crippen LogP contribution < -0.4 is 15.4 Å². The van der Waals surface area contributed by atoms with E-state index in [2.05, 4.69) is 10.6 Å². The van der Waals surface area contributed by atoms with Crippen molar-refractivity contribution in [2.45, 2.75) is 51.0 Å². The normalized spacial score (nSPS) is 21.1. The number of nitrogens with one attached hydrogen (secondary N) is 2. The molecule has 0 radical (unpaired) electrons. The lowest BCUT2D eigenvalue weighted by atomic mass is 9.95. The molecule has 1 heterocycles. The van der Waals surface area contributed by atoms with Crippen molar-refractivity contribution in [1.29, 1.82) is 0 Å². The summed E-state index contributed by atoms with van der Waals surface area (Å²) in [7, 11) is 1.59. The van der Waals surface area contributed by atoms with Crippen molar-refractivity contribution in [3.8, 4) is 5.75 Å². The Kier molecular flexibility index (Phi) is 6.36. The summed E-state index contributed by atoms with van der Waals surface area (Å²) in [6.07, 6.45) is 7.43. The number of methoxy groups -OCH3 is 1. The first-order chi connectivity index (χ1) is 12.7. The fourth-order valence-corrected chi connectivity index (χ4v) is 3.87. The SMILES string of the molecule is COc1ccccc1NC(=O)[C@H]1CCCN(C(=O)NC2CCCCC2)C1. The molecule has 142 valence electrons. The van der Waals surface area contributed by atoms with Crippen LogP contribution in [0.1, 0.15) is 44.9 Å². The quantitative estimate of drug-likeness (QED) is 0.866. The number of carbonyl (C=O) groups is 2. The molecule has 3 amide bonds. The Bertz CT molecular complexity index is 628. The minimum absolute atomic E-state index is 0.0216. The Morgan fingerprint density at radius 2 is 1.85 bits per heavy atom. The number of likely N-dealkylation sites (tertiary alicyclic amines) is 1. The fourth-order valence-electron chi connectivity index (χ4n) is 3.87. The van der Waals surface area contributed by atoms with Gasteiger partial charge in [-0.25, -0.2) is 4.79 Å². The van der Waals surface area contributed by atoms with E-state index >= 15 is 0 Å². The first-order valence-corrected chi connectivity index (χ1v) is 9.66. The van der Waals surface area contributed by atoms with E-state index in [0.717, 1.165) is 32.2 Å². The number of nitrogens with zero attached hydrogens (tertiary/aromatic N) is 1. The van der Waals surface area contributed by atoms with Crippen molar-refractivity contribution in [2.75, 3.05) is 25.5 Å². The number of carbonyl (C=O) groups excluding carboxylic acids is 2. The monoisotopic (exact) mass is 359 g/mol. The van der Waals surface area contributed by atoms with Gasteiger partial charge in [-0.3, -0.25) is 4.79 Å². The Morgan fingerprint density at radius 3 is 2.62 bits per heavy atom. The maximum absolute atomic E-state index is 12.7. The lowest BCUT2D eigenvalue weighted by Crippen LogP contribution is -2.50. The minimum Gasteiger partial charge on any atom is -0.495 e. The number of urea groups is 1. The predicted molar refractivity (Wildman–Crippen MR) is 101 cm³/mol. The number of hydrogen-bond acceptors (Lipinski definition) is 3. The lowest BCUT2D eigenvalue weighted by molar-refractivity contribution is -0.121. The molecule has 6 nitrogen and oxygen atoms in total. The highest BCUT2D eigenvalue weighted by Gasteiger charge is 2.29. The number of para-hydroxylation sites is 2. The second-order valence-electron chi connectivity index (χ2n) is 7.26. The Morgan fingerprint density at radius 1 is 1.08 bits per heavy atom. The molecule has 26 heavy (non-hydrogen) atoms. The molecule has 0 spiro atoms. The highest BCUT2D eigenvalue weighted by Crippen LogP contribution is 2.25. The van der Waals surface area contributed by atoms with Gasteiger partial charge < -0.3 is 20.3 Å². The summed E-state index contributed by atoms with van der Waals surface area (Å²) in [5, 5.41) is 6.10. The van der Waals surface area contributed by atoms with Crippen LogP contribution in [0.4, 0.5) is 10.5 Å². The largest absolute Gasteiger partial charge is 0.495 e. The van der Waals surface area contributed by atoms with Crippen molar-refractivity contribution < 1.29 is 14.3 Å². The zero-order valence-corrected chi connectivity index (χ0v) is 15.5. The number of benzene rings is 1. The number of hydrogen-bond donors (Lipinski definition) is 2. The van der Waals surface area contributed by atoms with Gasteiger partial charge in [-0.15, -0.1) is 0 Å². The van der Waals surface area contributed by atoms with E-state index in [1.807, 2.05) is 24.3 Å². The van der Waals surface area contributed by atoms with E-state index in [0.29, 0.717) is 24.0 Å². The average molecular weight is 359 g/mol. The van der Waals surface area contributed by atoms with Crippen LogP contribution in [0.15, 0.2) is 24.3 Å². The third-order valence-electron chi connectivity index (χ3n) is 5.38. The van der Waals surface area contributed by atoms with Crippen molar-refractivity contribution >= 4 is 17.6 Å². The van der Waals surface area contributed by atoms with Crippen molar-refractivity contribution in [3.05, 3.63) is 24.3 Å². The molecular weight excluding hydrogens is 330 g/mol. The average Bonchev–Trinajstić information content (AvgIpc) is 2.69. The molecule has 1 aromatic rings. The van der Waals surface area contributed by atoms with Crippen molar-refractivity contribution in [2.24, 2.45) is 5.92 Å². The summed E-state index contributed by atoms with van der Waals surface area (Å²) in [5.41, 5.74) is 0.670. The molecule has 1 aliphatic heterocycles. The third-order valence-corrected chi connectivity index (χ3v) is 5.38. The van der Waals surface area contributed by atoms with E-state index in [-0.39, 0.29) is 17.9 Å². The minimum atomic E-state index is -0.189. The number of anilines is 1. The van der Waals surface area contributed by atoms with E-state index in [1.54, 1.807) is 12.0 Å². The molecule has 2 N–H and O–H groups in total. The summed E-state index contributed by atoms with van der Waals surface area (Å²) in [6, 6.07) is 7.65. The van der Waals surface area contributed by atoms with Crippen LogP contribution in [0.3, 0.4) is 0 Å². The van der Waals surface area contributed by atoms with Crippen LogP contribution in [0, 0.1) is 5.92 Å². The van der Waals surface area contributed by atoms with Gasteiger partial charge in [0, 0.05) is 19.1 Å². The molecule has 0 aromatic heterocycles. The zero-order valence-electron chi connectivity index (χ0n) is 15.5. The number of rotatable bonds is 4. The topological polar surface area (TPSA) is 70.7 Å². The highest BCUT2D eigenvalue weighted by molar-refractivity contribution is 5.94. The van der Waals surface area contributed by atoms with Gasteiger partial charge in [0.2, 0.25) is 5.91 Å². The molecule has 1 aliphatic carbocycles. The smallest absolute Gasteiger partial charge is 0.317 e. The van der Waals surface area contributed by atoms with Gasteiger partial charge in [0.25, 0.3) is 0 Å². The fraction of sp³-hybridized carbons (Fsp3) is 0.600. The van der Waals surface area contributed by atoms with Crippen molar-refractivity contribution in [3.63, 3.8) is 0 Å². The maximum atomic E-state index is 12.7. The predicted octanol–water partition coefficient (Wildman–Crippen LogP) is 3.39. The summed E-state index contributed by atoms with van der Waals surface area (Å²) < 4.78 is 5.29. The zero-order chi connectivity index (χ0) is 18.4. The molecule has 3 rings (SSSR count). The highest BCUT2D eigenvalue weighted by atomic mass is 16.5. The molecule has 2 fully saturated rings. The Hall–Kier alpha value is -2.24. The van der Waals surface area contributed by atoms with Gasteiger partial charge in [0.15, 0.2) is 0 Å². The molecule has 1 atom stereocenters. The summed E-state index contributed by atoms with van der Waals surface area (Å²) in [5.74, 6) is 0.402. The van der Waals surface area contributed by atoms with Crippen LogP contribution >= 0.6 is 0 Å². The Balaban J connectivity index is 1.55. The van der Waals surface area contributed by atoms with E-state index < -0.39 is 0 Å². The molecule has 2 aliphatic rings. The van der Waals surface area contributed by atoms with Gasteiger partial charge in [0.05, 0.1) is 18.7 Å². The summed E-state index contributed by atoms with van der Waals surface area (Å²) >= 11 is 0. The third kappa shape index (κ3) is 4.68. The van der Waals surface area contributed by atoms with Crippen molar-refractivity contribution in [1.82, 2.24) is 10.2 Å². The van der Waals surface area contributed by atoms with Gasteiger partial charge in [-0.1, -0.05) is 31.4 Å². The number of piperidine rings is 1. The van der Waals surface area contributed by atoms with Gasteiger partial charge in [-0.05, 0) is 37.8 Å².